The first-order chi connectivity index (χ1) is 13.1. The lowest BCUT2D eigenvalue weighted by Crippen LogP contribution is -2.23. The third-order valence-corrected chi connectivity index (χ3v) is 4.22. The minimum Gasteiger partial charge on any atom is -0.452 e. The van der Waals surface area contributed by atoms with E-state index in [1.807, 2.05) is 6.92 Å². The van der Waals surface area contributed by atoms with Gasteiger partial charge in [-0.3, -0.25) is 9.48 Å². The van der Waals surface area contributed by atoms with Gasteiger partial charge < -0.3 is 10.1 Å². The molecule has 152 valence electrons. The zero-order chi connectivity index (χ0) is 20.9. The molecular weight excluding hydrogens is 399 g/mol. The summed E-state index contributed by atoms with van der Waals surface area (Å²) >= 11 is 6.15. The molecule has 6 nitrogen and oxygen atoms in total. The van der Waals surface area contributed by atoms with Crippen molar-refractivity contribution in [1.82, 2.24) is 9.78 Å². The fourth-order valence-electron chi connectivity index (χ4n) is 2.47. The Hall–Kier alpha value is -2.55. The normalized spacial score (nSPS) is 11.4. The summed E-state index contributed by atoms with van der Waals surface area (Å²) in [5.74, 6) is -1.78. The minimum absolute atomic E-state index is 0.0289. The molecule has 1 heterocycles. The third kappa shape index (κ3) is 5.25. The van der Waals surface area contributed by atoms with Crippen molar-refractivity contribution in [2.45, 2.75) is 39.4 Å². The molecule has 2 rings (SSSR count). The zero-order valence-corrected chi connectivity index (χ0v) is 16.0. The van der Waals surface area contributed by atoms with Gasteiger partial charge in [-0.15, -0.1) is 0 Å². The van der Waals surface area contributed by atoms with Crippen LogP contribution >= 0.6 is 11.6 Å². The largest absolute Gasteiger partial charge is 0.452 e. The Morgan fingerprint density at radius 2 is 1.96 bits per heavy atom. The molecule has 0 radical (unpaired) electrons. The van der Waals surface area contributed by atoms with Crippen molar-refractivity contribution in [3.8, 4) is 0 Å². The van der Waals surface area contributed by atoms with Crippen molar-refractivity contribution in [3.05, 3.63) is 46.2 Å². The molecule has 0 atom stereocenters. The van der Waals surface area contributed by atoms with Crippen molar-refractivity contribution < 1.29 is 27.5 Å². The maximum atomic E-state index is 13.0. The summed E-state index contributed by atoms with van der Waals surface area (Å²) in [6.45, 7) is 3.33. The molecule has 28 heavy (non-hydrogen) atoms. The highest BCUT2D eigenvalue weighted by Gasteiger charge is 2.33. The van der Waals surface area contributed by atoms with Crippen LogP contribution in [0.15, 0.2) is 24.3 Å². The average Bonchev–Trinajstić information content (AvgIpc) is 2.91. The monoisotopic (exact) mass is 417 g/mol. The van der Waals surface area contributed by atoms with Crippen LogP contribution in [0.5, 0.6) is 0 Å². The van der Waals surface area contributed by atoms with Crippen LogP contribution < -0.4 is 5.32 Å². The molecule has 0 spiro atoms. The predicted molar refractivity (Wildman–Crippen MR) is 97.2 cm³/mol. The average molecular weight is 418 g/mol. The predicted octanol–water partition coefficient (Wildman–Crippen LogP) is 4.46. The number of amides is 1. The molecule has 0 bridgehead atoms. The van der Waals surface area contributed by atoms with Crippen molar-refractivity contribution in [1.29, 1.82) is 0 Å². The molecule has 1 amide bonds. The Kier molecular flexibility index (Phi) is 7.06. The summed E-state index contributed by atoms with van der Waals surface area (Å²) in [6.07, 6.45) is -2.90. The van der Waals surface area contributed by atoms with Crippen molar-refractivity contribution in [2.75, 3.05) is 11.9 Å². The van der Waals surface area contributed by atoms with Gasteiger partial charge in [-0.2, -0.15) is 18.3 Å². The maximum Gasteiger partial charge on any atom is 0.418 e. The van der Waals surface area contributed by atoms with Gasteiger partial charge in [0.05, 0.1) is 16.9 Å². The highest BCUT2D eigenvalue weighted by molar-refractivity contribution is 6.32. The SMILES string of the molecule is CCCCn1nc(C)c(C(=O)OCC(=O)Nc2ccccc2C(F)(F)F)c1Cl. The van der Waals surface area contributed by atoms with Crippen LogP contribution in [0.4, 0.5) is 18.9 Å². The number of carbonyl (C=O) groups is 2. The summed E-state index contributed by atoms with van der Waals surface area (Å²) < 4.78 is 45.2. The Bertz CT molecular complexity index is 865. The van der Waals surface area contributed by atoms with E-state index in [4.69, 9.17) is 16.3 Å². The first-order valence-corrected chi connectivity index (χ1v) is 8.89. The second-order valence-corrected chi connectivity index (χ2v) is 6.35. The van der Waals surface area contributed by atoms with Crippen LogP contribution in [-0.4, -0.2) is 28.3 Å². The number of anilines is 1. The maximum absolute atomic E-state index is 13.0. The van der Waals surface area contributed by atoms with Gasteiger partial charge >= 0.3 is 12.1 Å². The molecule has 1 N–H and O–H groups in total. The van der Waals surface area contributed by atoms with E-state index in [-0.39, 0.29) is 10.7 Å². The second-order valence-electron chi connectivity index (χ2n) is 6.00. The molecule has 0 aliphatic heterocycles. The second kappa shape index (κ2) is 9.09. The number of unbranched alkanes of at least 4 members (excludes halogenated alkanes) is 1. The van der Waals surface area contributed by atoms with Gasteiger partial charge in [0, 0.05) is 6.54 Å². The number of para-hydroxylation sites is 1. The number of nitrogens with zero attached hydrogens (tertiary/aromatic N) is 2. The molecule has 2 aromatic rings. The Labute approximate surface area is 164 Å². The van der Waals surface area contributed by atoms with E-state index >= 15 is 0 Å². The summed E-state index contributed by atoms with van der Waals surface area (Å²) in [5.41, 5.74) is -1.04. The number of hydrogen-bond acceptors (Lipinski definition) is 4. The number of carbonyl (C=O) groups excluding carboxylic acids is 2. The van der Waals surface area contributed by atoms with E-state index in [0.29, 0.717) is 12.2 Å². The van der Waals surface area contributed by atoms with Crippen LogP contribution in [0.3, 0.4) is 0 Å². The lowest BCUT2D eigenvalue weighted by atomic mass is 10.1. The molecule has 0 saturated heterocycles. The molecule has 1 aromatic heterocycles. The number of ether oxygens (including phenoxy) is 1. The van der Waals surface area contributed by atoms with Crippen LogP contribution in [0.25, 0.3) is 0 Å². The number of esters is 1. The molecular formula is C18H19ClF3N3O3. The summed E-state index contributed by atoms with van der Waals surface area (Å²) in [5, 5.41) is 6.35. The highest BCUT2D eigenvalue weighted by Crippen LogP contribution is 2.34. The fraction of sp³-hybridized carbons (Fsp3) is 0.389. The van der Waals surface area contributed by atoms with Crippen molar-refractivity contribution >= 4 is 29.2 Å². The van der Waals surface area contributed by atoms with Gasteiger partial charge in [-0.05, 0) is 25.5 Å². The first kappa shape index (κ1) is 21.7. The molecule has 0 fully saturated rings. The molecule has 0 saturated carbocycles. The third-order valence-electron chi connectivity index (χ3n) is 3.83. The lowest BCUT2D eigenvalue weighted by Gasteiger charge is -2.13. The number of halogens is 4. The van der Waals surface area contributed by atoms with Gasteiger partial charge in [0.25, 0.3) is 5.91 Å². The van der Waals surface area contributed by atoms with E-state index in [1.165, 1.54) is 16.8 Å². The lowest BCUT2D eigenvalue weighted by molar-refractivity contribution is -0.137. The number of alkyl halides is 3. The quantitative estimate of drug-likeness (QED) is 0.675. The molecule has 10 heteroatoms. The Morgan fingerprint density at radius 1 is 1.29 bits per heavy atom. The topological polar surface area (TPSA) is 73.2 Å². The van der Waals surface area contributed by atoms with E-state index in [9.17, 15) is 22.8 Å². The van der Waals surface area contributed by atoms with Crippen LogP contribution in [0.2, 0.25) is 5.15 Å². The number of aromatic nitrogens is 2. The standard InChI is InChI=1S/C18H19ClF3N3O3/c1-3-4-9-25-16(19)15(11(2)24-25)17(27)28-10-14(26)23-13-8-6-5-7-12(13)18(20,21)22/h5-8H,3-4,9-10H2,1-2H3,(H,23,26). The number of benzene rings is 1. The van der Waals surface area contributed by atoms with Crippen LogP contribution in [0.1, 0.15) is 41.4 Å². The number of rotatable bonds is 7. The van der Waals surface area contributed by atoms with Crippen molar-refractivity contribution in [3.63, 3.8) is 0 Å². The van der Waals surface area contributed by atoms with Gasteiger partial charge in [-0.25, -0.2) is 4.79 Å². The number of aryl methyl sites for hydroxylation is 2. The van der Waals surface area contributed by atoms with Crippen molar-refractivity contribution in [2.24, 2.45) is 0 Å². The van der Waals surface area contributed by atoms with Gasteiger partial charge in [-0.1, -0.05) is 37.1 Å². The number of nitrogens with one attached hydrogen (secondary N) is 1. The molecule has 0 aliphatic rings. The van der Waals surface area contributed by atoms with E-state index < -0.39 is 35.9 Å². The summed E-state index contributed by atoms with van der Waals surface area (Å²) in [7, 11) is 0. The van der Waals surface area contributed by atoms with Crippen LogP contribution in [-0.2, 0) is 22.3 Å². The minimum atomic E-state index is -4.63. The van der Waals surface area contributed by atoms with E-state index in [1.54, 1.807) is 6.92 Å². The molecule has 0 aliphatic carbocycles. The summed E-state index contributed by atoms with van der Waals surface area (Å²) in [6, 6.07) is 4.51. The zero-order valence-electron chi connectivity index (χ0n) is 15.3. The molecule has 1 aromatic carbocycles. The molecule has 0 unspecified atom stereocenters. The Morgan fingerprint density at radius 3 is 2.61 bits per heavy atom. The van der Waals surface area contributed by atoms with Gasteiger partial charge in [0.15, 0.2) is 6.61 Å². The van der Waals surface area contributed by atoms with Gasteiger partial charge in [0.2, 0.25) is 0 Å². The van der Waals surface area contributed by atoms with E-state index in [0.717, 1.165) is 25.0 Å². The fourth-order valence-corrected chi connectivity index (χ4v) is 2.81. The number of hydrogen-bond donors (Lipinski definition) is 1. The van der Waals surface area contributed by atoms with Crippen LogP contribution in [0, 0.1) is 6.92 Å². The van der Waals surface area contributed by atoms with E-state index in [2.05, 4.69) is 10.4 Å². The Balaban J connectivity index is 2.03. The smallest absolute Gasteiger partial charge is 0.418 e. The highest BCUT2D eigenvalue weighted by atomic mass is 35.5. The van der Waals surface area contributed by atoms with Gasteiger partial charge in [0.1, 0.15) is 10.7 Å². The summed E-state index contributed by atoms with van der Waals surface area (Å²) in [4.78, 5) is 24.2. The first-order valence-electron chi connectivity index (χ1n) is 8.51.